The van der Waals surface area contributed by atoms with Crippen molar-refractivity contribution in [3.05, 3.63) is 53.5 Å². The van der Waals surface area contributed by atoms with E-state index in [1.807, 2.05) is 58.0 Å². The zero-order chi connectivity index (χ0) is 24.6. The van der Waals surface area contributed by atoms with Gasteiger partial charge in [0, 0.05) is 13.3 Å². The number of hydrogen-bond donors (Lipinski definition) is 1. The molecule has 1 atom stereocenters. The first kappa shape index (κ1) is 27.2. The van der Waals surface area contributed by atoms with Crippen molar-refractivity contribution in [2.45, 2.75) is 84.5 Å². The zero-order valence-corrected chi connectivity index (χ0v) is 21.0. The van der Waals surface area contributed by atoms with E-state index in [0.717, 1.165) is 35.9 Å². The molecule has 0 radical (unpaired) electrons. The minimum absolute atomic E-state index is 0.0718. The van der Waals surface area contributed by atoms with E-state index in [9.17, 15) is 4.79 Å². The summed E-state index contributed by atoms with van der Waals surface area (Å²) in [7, 11) is -0.531. The molecule has 0 bridgehead atoms. The summed E-state index contributed by atoms with van der Waals surface area (Å²) in [4.78, 5) is 11.9. The Morgan fingerprint density at radius 3 is 2.48 bits per heavy atom. The van der Waals surface area contributed by atoms with Crippen molar-refractivity contribution in [2.24, 2.45) is 0 Å². The van der Waals surface area contributed by atoms with Gasteiger partial charge in [-0.3, -0.25) is 4.79 Å². The molecule has 6 nitrogen and oxygen atoms in total. The van der Waals surface area contributed by atoms with Crippen LogP contribution < -0.4 is 4.74 Å². The van der Waals surface area contributed by atoms with Crippen LogP contribution in [0.25, 0.3) is 0 Å². The van der Waals surface area contributed by atoms with Crippen LogP contribution in [0.4, 0.5) is 0 Å². The van der Waals surface area contributed by atoms with Crippen LogP contribution in [-0.4, -0.2) is 42.6 Å². The number of ether oxygens (including phenoxy) is 2. The van der Waals surface area contributed by atoms with Crippen LogP contribution in [0.1, 0.15) is 78.9 Å². The Morgan fingerprint density at radius 1 is 1.24 bits per heavy atom. The van der Waals surface area contributed by atoms with Crippen LogP contribution in [0.2, 0.25) is 0 Å². The van der Waals surface area contributed by atoms with Gasteiger partial charge in [0.05, 0.1) is 17.8 Å². The highest BCUT2D eigenvalue weighted by Gasteiger charge is 2.52. The Balaban J connectivity index is 2.33. The lowest BCUT2D eigenvalue weighted by Crippen LogP contribution is -2.41. The molecule has 0 amide bonds. The van der Waals surface area contributed by atoms with Gasteiger partial charge in [0.2, 0.25) is 0 Å². The first-order valence-corrected chi connectivity index (χ1v) is 11.8. The van der Waals surface area contributed by atoms with Crippen molar-refractivity contribution >= 4 is 13.1 Å². The quantitative estimate of drug-likeness (QED) is 0.258. The average molecular weight is 458 g/mol. The van der Waals surface area contributed by atoms with E-state index in [0.29, 0.717) is 12.2 Å². The zero-order valence-electron chi connectivity index (χ0n) is 21.0. The Morgan fingerprint density at radius 2 is 1.91 bits per heavy atom. The summed E-state index contributed by atoms with van der Waals surface area (Å²) in [5.74, 6) is 0.248. The molecule has 1 aliphatic rings. The molecule has 1 fully saturated rings. The molecule has 0 aromatic heterocycles. The van der Waals surface area contributed by atoms with Crippen LogP contribution in [0.5, 0.6) is 5.75 Å². The van der Waals surface area contributed by atoms with E-state index in [1.165, 1.54) is 6.92 Å². The summed E-state index contributed by atoms with van der Waals surface area (Å²) in [5.41, 5.74) is 1.75. The van der Waals surface area contributed by atoms with Crippen molar-refractivity contribution in [2.75, 3.05) is 13.2 Å². The third kappa shape index (κ3) is 7.46. The second kappa shape index (κ2) is 11.9. The molecule has 1 aromatic rings. The monoisotopic (exact) mass is 458 g/mol. The minimum atomic E-state index is -0.531. The van der Waals surface area contributed by atoms with E-state index in [2.05, 4.69) is 13.5 Å². The van der Waals surface area contributed by atoms with Gasteiger partial charge in [-0.1, -0.05) is 43.7 Å². The van der Waals surface area contributed by atoms with Gasteiger partial charge >= 0.3 is 13.1 Å². The van der Waals surface area contributed by atoms with Crippen molar-refractivity contribution in [1.29, 1.82) is 0 Å². The van der Waals surface area contributed by atoms with Crippen molar-refractivity contribution < 1.29 is 28.7 Å². The first-order valence-electron chi connectivity index (χ1n) is 11.8. The number of carbonyl (C=O) groups excluding carboxylic acids is 1. The summed E-state index contributed by atoms with van der Waals surface area (Å²) < 4.78 is 23.8. The molecule has 0 spiro atoms. The first-order chi connectivity index (χ1) is 15.5. The number of aliphatic hydroxyl groups excluding tert-OH is 1. The predicted molar refractivity (Wildman–Crippen MR) is 131 cm³/mol. The van der Waals surface area contributed by atoms with Crippen LogP contribution in [-0.2, 0) is 18.8 Å². The summed E-state index contributed by atoms with van der Waals surface area (Å²) >= 11 is 0. The predicted octanol–water partition coefficient (Wildman–Crippen LogP) is 5.36. The number of rotatable bonds is 12. The van der Waals surface area contributed by atoms with Gasteiger partial charge in [0.1, 0.15) is 18.5 Å². The molecule has 1 N–H and O–H groups in total. The highest BCUT2D eigenvalue weighted by molar-refractivity contribution is 6.56. The Bertz CT molecular complexity index is 829. The molecule has 0 unspecified atom stereocenters. The fourth-order valence-corrected chi connectivity index (χ4v) is 3.57. The molecule has 33 heavy (non-hydrogen) atoms. The topological polar surface area (TPSA) is 74.2 Å². The van der Waals surface area contributed by atoms with Gasteiger partial charge in [-0.15, -0.1) is 0 Å². The Hall–Kier alpha value is -2.09. The Labute approximate surface area is 199 Å². The molecule has 0 saturated carbocycles. The van der Waals surface area contributed by atoms with Gasteiger partial charge in [-0.2, -0.15) is 0 Å². The molecule has 1 heterocycles. The van der Waals surface area contributed by atoms with Gasteiger partial charge in [0.15, 0.2) is 0 Å². The van der Waals surface area contributed by atoms with Crippen LogP contribution >= 0.6 is 0 Å². The maximum atomic E-state index is 11.9. The third-order valence-electron chi connectivity index (χ3n) is 6.20. The third-order valence-corrected chi connectivity index (χ3v) is 6.20. The van der Waals surface area contributed by atoms with E-state index < -0.39 is 24.4 Å². The standard InChI is InChI=1S/C26H39BO6/c1-8-9-11-19(2)23(27-32-25(4,5)26(6,7)33-27)14-15-24(31-20(3)29)21-12-10-13-22(18-21)30-17-16-28/h10,12-14,18,24,28H,2,8-9,11,15-17H2,1,3-7H3/b23-14-/t24-/m0/s1. The summed E-state index contributed by atoms with van der Waals surface area (Å²) in [6, 6.07) is 7.38. The maximum Gasteiger partial charge on any atom is 0.494 e. The second-order valence-corrected chi connectivity index (χ2v) is 9.43. The van der Waals surface area contributed by atoms with E-state index >= 15 is 0 Å². The van der Waals surface area contributed by atoms with E-state index in [4.69, 9.17) is 23.9 Å². The SMILES string of the molecule is C=C(CCCC)/C(=C/C[C@H](OC(C)=O)c1cccc(OCCO)c1)B1OC(C)(C)C(C)(C)O1. The molecule has 182 valence electrons. The molecular weight excluding hydrogens is 419 g/mol. The number of hydrogen-bond acceptors (Lipinski definition) is 6. The van der Waals surface area contributed by atoms with E-state index in [-0.39, 0.29) is 19.2 Å². The molecule has 1 aliphatic heterocycles. The lowest BCUT2D eigenvalue weighted by atomic mass is 9.72. The lowest BCUT2D eigenvalue weighted by Gasteiger charge is -2.32. The lowest BCUT2D eigenvalue weighted by molar-refractivity contribution is -0.146. The maximum absolute atomic E-state index is 11.9. The Kier molecular flexibility index (Phi) is 9.76. The normalized spacial score (nSPS) is 18.2. The minimum Gasteiger partial charge on any atom is -0.491 e. The molecule has 7 heteroatoms. The largest absolute Gasteiger partial charge is 0.494 e. The number of aliphatic hydroxyl groups is 1. The molecule has 2 rings (SSSR count). The fraction of sp³-hybridized carbons (Fsp3) is 0.577. The number of esters is 1. The highest BCUT2D eigenvalue weighted by atomic mass is 16.7. The van der Waals surface area contributed by atoms with Crippen molar-refractivity contribution in [3.8, 4) is 5.75 Å². The van der Waals surface area contributed by atoms with E-state index in [1.54, 1.807) is 0 Å². The van der Waals surface area contributed by atoms with Gasteiger partial charge in [0.25, 0.3) is 0 Å². The van der Waals surface area contributed by atoms with Crippen LogP contribution in [0, 0.1) is 0 Å². The smallest absolute Gasteiger partial charge is 0.491 e. The van der Waals surface area contributed by atoms with Crippen LogP contribution in [0.3, 0.4) is 0 Å². The van der Waals surface area contributed by atoms with Crippen molar-refractivity contribution in [3.63, 3.8) is 0 Å². The number of benzene rings is 1. The molecule has 1 aromatic carbocycles. The number of allylic oxidation sites excluding steroid dienone is 2. The average Bonchev–Trinajstić information content (AvgIpc) is 2.96. The molecule has 0 aliphatic carbocycles. The summed E-state index contributed by atoms with van der Waals surface area (Å²) in [6.45, 7) is 16.1. The molecule has 1 saturated heterocycles. The summed E-state index contributed by atoms with van der Waals surface area (Å²) in [5, 5.41) is 9.03. The highest BCUT2D eigenvalue weighted by Crippen LogP contribution is 2.40. The summed E-state index contributed by atoms with van der Waals surface area (Å²) in [6.07, 6.45) is 4.88. The fourth-order valence-electron chi connectivity index (χ4n) is 3.57. The van der Waals surface area contributed by atoms with Gasteiger partial charge in [-0.25, -0.2) is 0 Å². The number of carbonyl (C=O) groups is 1. The van der Waals surface area contributed by atoms with Gasteiger partial charge in [-0.05, 0) is 63.7 Å². The van der Waals surface area contributed by atoms with Gasteiger partial charge < -0.3 is 23.9 Å². The number of unbranched alkanes of at least 4 members (excludes halogenated alkanes) is 1. The van der Waals surface area contributed by atoms with Crippen LogP contribution in [0.15, 0.2) is 48.0 Å². The second-order valence-electron chi connectivity index (χ2n) is 9.43. The van der Waals surface area contributed by atoms with Crippen molar-refractivity contribution in [1.82, 2.24) is 0 Å². The molecular formula is C26H39BO6.